The second-order valence-corrected chi connectivity index (χ2v) is 7.34. The molecule has 5 rings (SSSR count). The summed E-state index contributed by atoms with van der Waals surface area (Å²) in [5.41, 5.74) is 5.64. The monoisotopic (exact) mass is 396 g/mol. The van der Waals surface area contributed by atoms with Crippen molar-refractivity contribution in [3.8, 4) is 11.1 Å². The number of H-pyrrole nitrogens is 1. The molecular weight excluding hydrogens is 376 g/mol. The third kappa shape index (κ3) is 3.00. The molecule has 5 aromatic rings. The number of nitrogens with zero attached hydrogens (tertiary/aromatic N) is 4. The topological polar surface area (TPSA) is 88.0 Å². The van der Waals surface area contributed by atoms with Crippen LogP contribution in [0.3, 0.4) is 0 Å². The summed E-state index contributed by atoms with van der Waals surface area (Å²) in [5, 5.41) is 3.43. The van der Waals surface area contributed by atoms with Gasteiger partial charge in [-0.05, 0) is 42.7 Å². The fourth-order valence-corrected chi connectivity index (χ4v) is 3.78. The summed E-state index contributed by atoms with van der Waals surface area (Å²) in [7, 11) is 0. The van der Waals surface area contributed by atoms with Crippen molar-refractivity contribution in [2.24, 2.45) is 0 Å². The van der Waals surface area contributed by atoms with Gasteiger partial charge in [-0.3, -0.25) is 9.20 Å². The van der Waals surface area contributed by atoms with E-state index in [9.17, 15) is 4.79 Å². The number of nitrogens with one attached hydrogen (secondary N) is 2. The van der Waals surface area contributed by atoms with Crippen molar-refractivity contribution in [1.82, 2.24) is 24.3 Å². The van der Waals surface area contributed by atoms with Crippen molar-refractivity contribution in [1.29, 1.82) is 0 Å². The van der Waals surface area contributed by atoms with Gasteiger partial charge in [-0.25, -0.2) is 15.0 Å². The molecule has 148 valence electrons. The number of aromatic amines is 1. The Morgan fingerprint density at radius 3 is 2.73 bits per heavy atom. The Kier molecular flexibility index (Phi) is 4.28. The predicted molar refractivity (Wildman–Crippen MR) is 118 cm³/mol. The average Bonchev–Trinajstić information content (AvgIpc) is 3.24. The summed E-state index contributed by atoms with van der Waals surface area (Å²) in [5.74, 6) is 0.646. The molecule has 0 aliphatic carbocycles. The highest BCUT2D eigenvalue weighted by molar-refractivity contribution is 5.82. The van der Waals surface area contributed by atoms with E-state index in [1.165, 1.54) is 6.33 Å². The molecule has 0 saturated heterocycles. The molecule has 0 saturated carbocycles. The van der Waals surface area contributed by atoms with Crippen LogP contribution in [0.1, 0.15) is 24.1 Å². The van der Waals surface area contributed by atoms with Crippen LogP contribution >= 0.6 is 0 Å². The first-order chi connectivity index (χ1) is 14.6. The van der Waals surface area contributed by atoms with E-state index in [1.54, 1.807) is 10.7 Å². The first-order valence-corrected chi connectivity index (χ1v) is 9.74. The Labute approximate surface area is 172 Å². The molecule has 0 amide bonds. The minimum Gasteiger partial charge on any atom is -0.362 e. The van der Waals surface area contributed by atoms with E-state index in [2.05, 4.69) is 31.3 Å². The molecule has 7 heteroatoms. The molecule has 1 aromatic carbocycles. The van der Waals surface area contributed by atoms with E-state index in [4.69, 9.17) is 0 Å². The van der Waals surface area contributed by atoms with Crippen LogP contribution in [-0.2, 0) is 0 Å². The molecular formula is C23H20N6O. The zero-order valence-electron chi connectivity index (χ0n) is 16.6. The van der Waals surface area contributed by atoms with Gasteiger partial charge in [0.05, 0.1) is 17.9 Å². The Hall–Kier alpha value is -4.00. The Balaban J connectivity index is 1.70. The van der Waals surface area contributed by atoms with Crippen molar-refractivity contribution >= 4 is 22.5 Å². The summed E-state index contributed by atoms with van der Waals surface area (Å²) >= 11 is 0. The minimum atomic E-state index is -0.180. The molecule has 0 bridgehead atoms. The summed E-state index contributed by atoms with van der Waals surface area (Å²) in [6.07, 6.45) is 4.95. The van der Waals surface area contributed by atoms with Gasteiger partial charge in [-0.15, -0.1) is 0 Å². The third-order valence-corrected chi connectivity index (χ3v) is 5.26. The number of hydrogen-bond acceptors (Lipinski definition) is 5. The molecule has 0 aliphatic heterocycles. The minimum absolute atomic E-state index is 0.0413. The van der Waals surface area contributed by atoms with Gasteiger partial charge in [0.15, 0.2) is 11.5 Å². The molecule has 1 atom stereocenters. The lowest BCUT2D eigenvalue weighted by Gasteiger charge is -2.20. The van der Waals surface area contributed by atoms with Crippen molar-refractivity contribution in [2.75, 3.05) is 5.32 Å². The summed E-state index contributed by atoms with van der Waals surface area (Å²) in [6, 6.07) is 15.6. The standard InChI is InChI=1S/C23H20N6O/c1-14-8-9-17-10-18(15(2)28-22-20-21(25-12-24-20)26-13-27-22)19(23(30)29(17)11-14)16-6-4-3-5-7-16/h3-13,15H,1-2H3,(H2,24,25,26,27,28)/t15-/m0/s1. The molecule has 2 N–H and O–H groups in total. The first-order valence-electron chi connectivity index (χ1n) is 9.74. The highest BCUT2D eigenvalue weighted by atomic mass is 16.1. The van der Waals surface area contributed by atoms with Crippen molar-refractivity contribution in [3.63, 3.8) is 0 Å². The summed E-state index contributed by atoms with van der Waals surface area (Å²) < 4.78 is 1.71. The Bertz CT molecular complexity index is 1420. The molecule has 0 spiro atoms. The van der Waals surface area contributed by atoms with E-state index < -0.39 is 0 Å². The van der Waals surface area contributed by atoms with Crippen LogP contribution < -0.4 is 10.9 Å². The highest BCUT2D eigenvalue weighted by Gasteiger charge is 2.19. The number of pyridine rings is 2. The molecule has 0 unspecified atom stereocenters. The normalized spacial score (nSPS) is 12.3. The third-order valence-electron chi connectivity index (χ3n) is 5.26. The van der Waals surface area contributed by atoms with Gasteiger partial charge >= 0.3 is 0 Å². The van der Waals surface area contributed by atoms with Crippen molar-refractivity contribution in [3.05, 3.63) is 88.9 Å². The molecule has 0 aliphatic rings. The van der Waals surface area contributed by atoms with Crippen LogP contribution in [0, 0.1) is 6.92 Å². The van der Waals surface area contributed by atoms with Crippen LogP contribution in [0.2, 0.25) is 0 Å². The van der Waals surface area contributed by atoms with Crippen LogP contribution in [-0.4, -0.2) is 24.3 Å². The molecule has 30 heavy (non-hydrogen) atoms. The fraction of sp³-hybridized carbons (Fsp3) is 0.130. The zero-order valence-corrected chi connectivity index (χ0v) is 16.6. The first kappa shape index (κ1) is 18.1. The SMILES string of the molecule is Cc1ccc2cc([C@H](C)Nc3ncnc4nc[nH]c34)c(-c3ccccc3)c(=O)n2c1. The second kappa shape index (κ2) is 7.11. The number of fused-ring (bicyclic) bond motifs is 2. The lowest BCUT2D eigenvalue weighted by atomic mass is 9.96. The lowest BCUT2D eigenvalue weighted by Crippen LogP contribution is -2.21. The Morgan fingerprint density at radius 2 is 1.90 bits per heavy atom. The van der Waals surface area contributed by atoms with Crippen molar-refractivity contribution in [2.45, 2.75) is 19.9 Å². The number of imidazole rings is 1. The van der Waals surface area contributed by atoms with Crippen LogP contribution in [0.15, 0.2) is 72.2 Å². The van der Waals surface area contributed by atoms with E-state index in [1.807, 2.05) is 62.5 Å². The number of hydrogen-bond donors (Lipinski definition) is 2. The van der Waals surface area contributed by atoms with Crippen LogP contribution in [0.25, 0.3) is 27.8 Å². The van der Waals surface area contributed by atoms with Crippen LogP contribution in [0.5, 0.6) is 0 Å². The summed E-state index contributed by atoms with van der Waals surface area (Å²) in [4.78, 5) is 29.3. The second-order valence-electron chi connectivity index (χ2n) is 7.34. The molecule has 4 aromatic heterocycles. The quantitative estimate of drug-likeness (QED) is 0.477. The number of aromatic nitrogens is 5. The molecule has 7 nitrogen and oxygen atoms in total. The van der Waals surface area contributed by atoms with Gasteiger partial charge in [-0.2, -0.15) is 0 Å². The van der Waals surface area contributed by atoms with E-state index in [0.717, 1.165) is 27.7 Å². The van der Waals surface area contributed by atoms with Gasteiger partial charge in [0.2, 0.25) is 0 Å². The maximum absolute atomic E-state index is 13.5. The molecule has 0 fully saturated rings. The Morgan fingerprint density at radius 1 is 1.07 bits per heavy atom. The van der Waals surface area contributed by atoms with Crippen LogP contribution in [0.4, 0.5) is 5.82 Å². The van der Waals surface area contributed by atoms with E-state index in [-0.39, 0.29) is 11.6 Å². The number of anilines is 1. The zero-order chi connectivity index (χ0) is 20.7. The number of rotatable bonds is 4. The predicted octanol–water partition coefficient (Wildman–Crippen LogP) is 4.11. The van der Waals surface area contributed by atoms with E-state index >= 15 is 0 Å². The lowest BCUT2D eigenvalue weighted by molar-refractivity contribution is 0.869. The van der Waals surface area contributed by atoms with E-state index in [0.29, 0.717) is 17.0 Å². The maximum atomic E-state index is 13.5. The highest BCUT2D eigenvalue weighted by Crippen LogP contribution is 2.29. The molecule has 0 radical (unpaired) electrons. The van der Waals surface area contributed by atoms with Gasteiger partial charge in [0.1, 0.15) is 11.8 Å². The summed E-state index contributed by atoms with van der Waals surface area (Å²) in [6.45, 7) is 4.01. The van der Waals surface area contributed by atoms with Gasteiger partial charge in [0, 0.05) is 11.7 Å². The number of benzene rings is 1. The maximum Gasteiger partial charge on any atom is 0.263 e. The van der Waals surface area contributed by atoms with Gasteiger partial charge < -0.3 is 10.3 Å². The van der Waals surface area contributed by atoms with Gasteiger partial charge in [-0.1, -0.05) is 36.4 Å². The smallest absolute Gasteiger partial charge is 0.263 e. The fourth-order valence-electron chi connectivity index (χ4n) is 3.78. The van der Waals surface area contributed by atoms with Gasteiger partial charge in [0.25, 0.3) is 5.56 Å². The largest absolute Gasteiger partial charge is 0.362 e. The molecule has 4 heterocycles. The number of aryl methyl sites for hydroxylation is 1. The average molecular weight is 396 g/mol. The van der Waals surface area contributed by atoms with Crippen molar-refractivity contribution < 1.29 is 0 Å².